The van der Waals surface area contributed by atoms with Crippen molar-refractivity contribution in [3.8, 4) is 57.4 Å². The molecule has 0 saturated heterocycles. The molecule has 9 heteroatoms. The molecule has 0 saturated carbocycles. The number of hydrogen-bond acceptors (Lipinski definition) is 8. The van der Waals surface area contributed by atoms with Crippen LogP contribution >= 0.6 is 0 Å². The van der Waals surface area contributed by atoms with E-state index in [1.807, 2.05) is 84.9 Å². The average Bonchev–Trinajstić information content (AvgIpc) is 3.69. The first kappa shape index (κ1) is 20.5. The highest BCUT2D eigenvalue weighted by atomic mass is 16.5. The van der Waals surface area contributed by atoms with Crippen LogP contribution in [0.4, 0.5) is 0 Å². The van der Waals surface area contributed by atoms with Gasteiger partial charge >= 0.3 is 0 Å². The molecule has 170 valence electrons. The molecule has 3 heterocycles. The zero-order valence-corrected chi connectivity index (χ0v) is 18.6. The van der Waals surface area contributed by atoms with Gasteiger partial charge in [0.2, 0.25) is 11.8 Å². The van der Waals surface area contributed by atoms with Crippen molar-refractivity contribution in [3.05, 3.63) is 91.1 Å². The van der Waals surface area contributed by atoms with Crippen molar-refractivity contribution < 1.29 is 13.6 Å². The molecule has 0 amide bonds. The van der Waals surface area contributed by atoms with Crippen LogP contribution in [0.25, 0.3) is 51.6 Å². The first-order valence-electron chi connectivity index (χ1n) is 10.8. The number of rotatable bonds is 6. The molecule has 3 aromatic heterocycles. The Morgan fingerprint density at radius 1 is 0.629 bits per heavy atom. The van der Waals surface area contributed by atoms with Gasteiger partial charge < -0.3 is 13.6 Å². The number of benzene rings is 3. The molecule has 0 atom stereocenters. The topological polar surface area (TPSA) is 105 Å². The molecular weight excluding hydrogens is 444 g/mol. The Balaban J connectivity index is 1.45. The van der Waals surface area contributed by atoms with E-state index in [2.05, 4.69) is 20.4 Å². The minimum atomic E-state index is 0.241. The summed E-state index contributed by atoms with van der Waals surface area (Å²) >= 11 is 0. The monoisotopic (exact) mass is 462 g/mol. The van der Waals surface area contributed by atoms with E-state index in [4.69, 9.17) is 18.7 Å². The molecule has 3 aromatic carbocycles. The summed E-state index contributed by atoms with van der Waals surface area (Å²) in [5, 5.41) is 21.7. The second-order valence-electron chi connectivity index (χ2n) is 7.59. The number of ether oxygens (including phenoxy) is 1. The molecule has 9 nitrogen and oxygen atoms in total. The molecule has 6 aromatic rings. The maximum atomic E-state index is 6.01. The summed E-state index contributed by atoms with van der Waals surface area (Å²) in [6, 6.07) is 26.6. The van der Waals surface area contributed by atoms with Crippen LogP contribution in [0.1, 0.15) is 0 Å². The first-order valence-corrected chi connectivity index (χ1v) is 10.8. The zero-order chi connectivity index (χ0) is 23.6. The van der Waals surface area contributed by atoms with Crippen molar-refractivity contribution in [2.24, 2.45) is 0 Å². The quantitative estimate of drug-likeness (QED) is 0.328. The summed E-state index contributed by atoms with van der Waals surface area (Å²) < 4.78 is 19.0. The Morgan fingerprint density at radius 3 is 1.77 bits per heavy atom. The van der Waals surface area contributed by atoms with Gasteiger partial charge in [-0.2, -0.15) is 5.10 Å². The smallest absolute Gasteiger partial charge is 0.269 e. The molecule has 35 heavy (non-hydrogen) atoms. The lowest BCUT2D eigenvalue weighted by atomic mass is 10.2. The van der Waals surface area contributed by atoms with Gasteiger partial charge in [0.25, 0.3) is 11.8 Å². The van der Waals surface area contributed by atoms with Crippen molar-refractivity contribution in [3.63, 3.8) is 0 Å². The fourth-order valence-corrected chi connectivity index (χ4v) is 3.60. The molecule has 0 aliphatic heterocycles. The van der Waals surface area contributed by atoms with Gasteiger partial charge in [0.15, 0.2) is 5.69 Å². The van der Waals surface area contributed by atoms with E-state index >= 15 is 0 Å². The number of nitrogens with zero attached hydrogens (tertiary/aromatic N) is 6. The second kappa shape index (κ2) is 8.71. The van der Waals surface area contributed by atoms with Gasteiger partial charge in [-0.05, 0) is 48.5 Å². The van der Waals surface area contributed by atoms with Crippen molar-refractivity contribution in [1.82, 2.24) is 30.2 Å². The summed E-state index contributed by atoms with van der Waals surface area (Å²) in [6.45, 7) is 0. The van der Waals surface area contributed by atoms with E-state index in [-0.39, 0.29) is 11.8 Å². The van der Waals surface area contributed by atoms with Gasteiger partial charge in [0.1, 0.15) is 5.75 Å². The van der Waals surface area contributed by atoms with E-state index in [1.54, 1.807) is 18.0 Å². The molecule has 0 spiro atoms. The average molecular weight is 462 g/mol. The Hall–Kier alpha value is -5.05. The van der Waals surface area contributed by atoms with Crippen molar-refractivity contribution in [2.45, 2.75) is 0 Å². The molecular formula is C26H18N6O3. The Labute approximate surface area is 199 Å². The van der Waals surface area contributed by atoms with Crippen LogP contribution in [0.5, 0.6) is 5.75 Å². The summed E-state index contributed by atoms with van der Waals surface area (Å²) in [4.78, 5) is 0. The van der Waals surface area contributed by atoms with Crippen LogP contribution < -0.4 is 4.74 Å². The fraction of sp³-hybridized carbons (Fsp3) is 0.0385. The van der Waals surface area contributed by atoms with Gasteiger partial charge in [-0.1, -0.05) is 36.4 Å². The normalized spacial score (nSPS) is 11.0. The van der Waals surface area contributed by atoms with Crippen LogP contribution in [0.15, 0.2) is 100.0 Å². The lowest BCUT2D eigenvalue weighted by molar-refractivity contribution is 0.414. The molecule has 0 bridgehead atoms. The summed E-state index contributed by atoms with van der Waals surface area (Å²) in [5.41, 5.74) is 3.44. The summed E-state index contributed by atoms with van der Waals surface area (Å²) in [5.74, 6) is 2.07. The summed E-state index contributed by atoms with van der Waals surface area (Å²) in [6.07, 6.45) is 1.80. The highest BCUT2D eigenvalue weighted by Crippen LogP contribution is 2.33. The SMILES string of the molecule is COc1ccc(-n2cc(-c3nnc(-c4ccccc4)o3)c(-c3nnc(-c4ccccc4)o3)n2)cc1. The second-order valence-corrected chi connectivity index (χ2v) is 7.59. The molecule has 0 radical (unpaired) electrons. The lowest BCUT2D eigenvalue weighted by Gasteiger charge is -2.02. The predicted molar refractivity (Wildman–Crippen MR) is 128 cm³/mol. The maximum absolute atomic E-state index is 6.01. The number of hydrogen-bond donors (Lipinski definition) is 0. The Morgan fingerprint density at radius 2 is 1.17 bits per heavy atom. The van der Waals surface area contributed by atoms with E-state index in [9.17, 15) is 0 Å². The van der Waals surface area contributed by atoms with Crippen molar-refractivity contribution in [1.29, 1.82) is 0 Å². The van der Waals surface area contributed by atoms with Crippen molar-refractivity contribution >= 4 is 0 Å². The zero-order valence-electron chi connectivity index (χ0n) is 18.6. The highest BCUT2D eigenvalue weighted by Gasteiger charge is 2.24. The Bertz CT molecular complexity index is 1480. The van der Waals surface area contributed by atoms with E-state index in [1.165, 1.54) is 0 Å². The third-order valence-electron chi connectivity index (χ3n) is 5.38. The van der Waals surface area contributed by atoms with Crippen LogP contribution in [-0.4, -0.2) is 37.3 Å². The van der Waals surface area contributed by atoms with Gasteiger partial charge in [-0.3, -0.25) is 0 Å². The number of aromatic nitrogens is 6. The maximum Gasteiger partial charge on any atom is 0.269 e. The van der Waals surface area contributed by atoms with E-state index < -0.39 is 0 Å². The molecule has 6 rings (SSSR count). The van der Waals surface area contributed by atoms with Crippen LogP contribution in [0.2, 0.25) is 0 Å². The highest BCUT2D eigenvalue weighted by molar-refractivity contribution is 5.73. The minimum absolute atomic E-state index is 0.241. The van der Waals surface area contributed by atoms with Gasteiger partial charge in [0, 0.05) is 17.3 Å². The predicted octanol–water partition coefficient (Wildman–Crippen LogP) is 5.31. The van der Waals surface area contributed by atoms with Gasteiger partial charge in [-0.15, -0.1) is 20.4 Å². The lowest BCUT2D eigenvalue weighted by Crippen LogP contribution is -1.95. The molecule has 0 aliphatic carbocycles. The van der Waals surface area contributed by atoms with Gasteiger partial charge in [0.05, 0.1) is 18.4 Å². The van der Waals surface area contributed by atoms with Crippen LogP contribution in [0, 0.1) is 0 Å². The number of methoxy groups -OCH3 is 1. The van der Waals surface area contributed by atoms with Crippen LogP contribution in [0.3, 0.4) is 0 Å². The minimum Gasteiger partial charge on any atom is -0.497 e. The van der Waals surface area contributed by atoms with Crippen molar-refractivity contribution in [2.75, 3.05) is 7.11 Å². The fourth-order valence-electron chi connectivity index (χ4n) is 3.60. The molecule has 0 unspecified atom stereocenters. The summed E-state index contributed by atoms with van der Waals surface area (Å²) in [7, 11) is 1.62. The molecule has 0 N–H and O–H groups in total. The van der Waals surface area contributed by atoms with E-state index in [0.717, 1.165) is 22.6 Å². The van der Waals surface area contributed by atoms with E-state index in [0.29, 0.717) is 23.0 Å². The largest absolute Gasteiger partial charge is 0.497 e. The molecule has 0 aliphatic rings. The van der Waals surface area contributed by atoms with Gasteiger partial charge in [-0.25, -0.2) is 4.68 Å². The first-order chi connectivity index (χ1) is 17.3. The molecule has 0 fully saturated rings. The van der Waals surface area contributed by atoms with Crippen LogP contribution in [-0.2, 0) is 0 Å². The third-order valence-corrected chi connectivity index (χ3v) is 5.38. The Kier molecular flexibility index (Phi) is 5.12. The standard InChI is InChI=1S/C26H18N6O3/c1-33-20-14-12-19(13-15-20)32-16-21(25-29-27-23(34-25)17-8-4-2-5-9-17)22(31-32)26-30-28-24(35-26)18-10-6-3-7-11-18/h2-16H,1H3. The third kappa shape index (κ3) is 3.95.